The zero-order valence-electron chi connectivity index (χ0n) is 18.5. The molecule has 3 rings (SSSR count). The van der Waals surface area contributed by atoms with Gasteiger partial charge in [0.05, 0.1) is 6.61 Å². The Labute approximate surface area is 197 Å². The second kappa shape index (κ2) is 13.0. The number of ether oxygens (including phenoxy) is 3. The normalized spacial score (nSPS) is 12.3. The van der Waals surface area contributed by atoms with Gasteiger partial charge in [-0.1, -0.05) is 54.6 Å². The van der Waals surface area contributed by atoms with Crippen LogP contribution >= 0.6 is 0 Å². The predicted octanol–water partition coefficient (Wildman–Crippen LogP) is 3.50. The maximum absolute atomic E-state index is 12.7. The van der Waals surface area contributed by atoms with Gasteiger partial charge in [0, 0.05) is 24.2 Å². The Morgan fingerprint density at radius 1 is 0.824 bits per heavy atom. The van der Waals surface area contributed by atoms with Gasteiger partial charge in [-0.25, -0.2) is 4.79 Å². The van der Waals surface area contributed by atoms with Gasteiger partial charge in [-0.05, 0) is 30.3 Å². The molecule has 178 valence electrons. The van der Waals surface area contributed by atoms with Crippen LogP contribution in [-0.4, -0.2) is 48.1 Å². The number of carbonyl (C=O) groups is 2. The molecule has 0 spiro atoms. The molecule has 2 atom stereocenters. The van der Waals surface area contributed by atoms with Crippen molar-refractivity contribution in [2.24, 2.45) is 0 Å². The number of imide groups is 1. The van der Waals surface area contributed by atoms with Gasteiger partial charge in [0.2, 0.25) is 0 Å². The van der Waals surface area contributed by atoms with E-state index in [2.05, 4.69) is 5.32 Å². The van der Waals surface area contributed by atoms with Crippen molar-refractivity contribution in [1.82, 2.24) is 5.32 Å². The van der Waals surface area contributed by atoms with E-state index < -0.39 is 24.2 Å². The number of alkyl carbamates (subject to hydrolysis) is 1. The molecular formula is C26H27NO7. The third-order valence-electron chi connectivity index (χ3n) is 4.84. The number of hydrogen-bond donors (Lipinski definition) is 3. The first kappa shape index (κ1) is 24.8. The minimum Gasteiger partial charge on any atom is -0.491 e. The summed E-state index contributed by atoms with van der Waals surface area (Å²) in [6, 6.07) is 24.0. The van der Waals surface area contributed by atoms with Crippen LogP contribution in [0.1, 0.15) is 28.4 Å². The summed E-state index contributed by atoms with van der Waals surface area (Å²) in [6.07, 6.45) is -2.68. The Hall–Kier alpha value is -3.88. The lowest BCUT2D eigenvalue weighted by atomic mass is 10.0. The third-order valence-corrected chi connectivity index (χ3v) is 4.84. The standard InChI is InChI=1S/C26H27NO7/c28-16-15-23(33-20-11-5-2-6-12-20)24(21-13-7-8-14-22(21)32-18-17-29)34-26(31)27-25(30)19-9-3-1-4-10-19/h1-14,23-24,28-29H,15-18H2,(H,27,30,31)/t23-,24-/m0/s1. The van der Waals surface area contributed by atoms with Crippen LogP contribution in [0.4, 0.5) is 4.79 Å². The van der Waals surface area contributed by atoms with Crippen molar-refractivity contribution in [1.29, 1.82) is 0 Å². The average molecular weight is 466 g/mol. The summed E-state index contributed by atoms with van der Waals surface area (Å²) >= 11 is 0. The monoisotopic (exact) mass is 465 g/mol. The Morgan fingerprint density at radius 2 is 1.47 bits per heavy atom. The number of rotatable bonds is 11. The summed E-state index contributed by atoms with van der Waals surface area (Å²) in [5, 5.41) is 21.1. The fourth-order valence-electron chi connectivity index (χ4n) is 3.31. The zero-order valence-corrected chi connectivity index (χ0v) is 18.5. The van der Waals surface area contributed by atoms with E-state index in [0.717, 1.165) is 0 Å². The quantitative estimate of drug-likeness (QED) is 0.397. The SMILES string of the molecule is O=C(NC(=O)c1ccccc1)O[C@@H](c1ccccc1OCCO)[C@H](CCO)Oc1ccccc1. The number of nitrogens with one attached hydrogen (secondary N) is 1. The summed E-state index contributed by atoms with van der Waals surface area (Å²) in [5.74, 6) is 0.282. The van der Waals surface area contributed by atoms with Crippen molar-refractivity contribution >= 4 is 12.0 Å². The summed E-state index contributed by atoms with van der Waals surface area (Å²) in [5.41, 5.74) is 0.766. The maximum atomic E-state index is 12.7. The molecular weight excluding hydrogens is 438 g/mol. The summed E-state index contributed by atoms with van der Waals surface area (Å²) < 4.78 is 17.4. The predicted molar refractivity (Wildman–Crippen MR) is 125 cm³/mol. The van der Waals surface area contributed by atoms with Gasteiger partial charge in [-0.3, -0.25) is 10.1 Å². The molecule has 0 unspecified atom stereocenters. The van der Waals surface area contributed by atoms with Gasteiger partial charge in [-0.2, -0.15) is 0 Å². The Balaban J connectivity index is 1.89. The van der Waals surface area contributed by atoms with Crippen LogP contribution in [0.2, 0.25) is 0 Å². The smallest absolute Gasteiger partial charge is 0.414 e. The van der Waals surface area contributed by atoms with Crippen LogP contribution in [0.15, 0.2) is 84.9 Å². The van der Waals surface area contributed by atoms with Crippen LogP contribution in [0.3, 0.4) is 0 Å². The van der Waals surface area contributed by atoms with E-state index in [-0.39, 0.29) is 26.2 Å². The van der Waals surface area contributed by atoms with Crippen LogP contribution in [-0.2, 0) is 4.74 Å². The largest absolute Gasteiger partial charge is 0.491 e. The molecule has 2 amide bonds. The van der Waals surface area contributed by atoms with Crippen molar-refractivity contribution in [2.45, 2.75) is 18.6 Å². The Morgan fingerprint density at radius 3 is 2.15 bits per heavy atom. The third kappa shape index (κ3) is 7.06. The molecule has 3 aromatic carbocycles. The van der Waals surface area contributed by atoms with Crippen LogP contribution in [0.5, 0.6) is 11.5 Å². The lowest BCUT2D eigenvalue weighted by molar-refractivity contribution is 0.00241. The van der Waals surface area contributed by atoms with Gasteiger partial charge in [0.1, 0.15) is 24.2 Å². The molecule has 0 aliphatic carbocycles. The molecule has 0 radical (unpaired) electrons. The minimum absolute atomic E-state index is 0.0344. The summed E-state index contributed by atoms with van der Waals surface area (Å²) in [7, 11) is 0. The number of amides is 2. The van der Waals surface area contributed by atoms with Gasteiger partial charge >= 0.3 is 6.09 Å². The molecule has 0 bridgehead atoms. The summed E-state index contributed by atoms with van der Waals surface area (Å²) in [4.78, 5) is 25.2. The first-order valence-electron chi connectivity index (χ1n) is 10.8. The van der Waals surface area contributed by atoms with Crippen molar-refractivity contribution in [2.75, 3.05) is 19.8 Å². The van der Waals surface area contributed by atoms with Gasteiger partial charge < -0.3 is 24.4 Å². The minimum atomic E-state index is -1.04. The highest BCUT2D eigenvalue weighted by molar-refractivity contribution is 6.02. The van der Waals surface area contributed by atoms with E-state index in [1.807, 2.05) is 6.07 Å². The fourth-order valence-corrected chi connectivity index (χ4v) is 3.31. The van der Waals surface area contributed by atoms with E-state index >= 15 is 0 Å². The number of carbonyl (C=O) groups excluding carboxylic acids is 2. The Bertz CT molecular complexity index is 1040. The van der Waals surface area contributed by atoms with Gasteiger partial charge in [0.25, 0.3) is 5.91 Å². The summed E-state index contributed by atoms with van der Waals surface area (Å²) in [6.45, 7) is -0.402. The van der Waals surface area contributed by atoms with E-state index in [0.29, 0.717) is 22.6 Å². The molecule has 0 aliphatic heterocycles. The van der Waals surface area contributed by atoms with Crippen molar-refractivity contribution in [3.8, 4) is 11.5 Å². The van der Waals surface area contributed by atoms with Crippen LogP contribution in [0.25, 0.3) is 0 Å². The van der Waals surface area contributed by atoms with Crippen molar-refractivity contribution in [3.05, 3.63) is 96.1 Å². The molecule has 8 nitrogen and oxygen atoms in total. The van der Waals surface area contributed by atoms with E-state index in [1.165, 1.54) is 0 Å². The molecule has 0 saturated heterocycles. The Kier molecular flexibility index (Phi) is 9.45. The zero-order chi connectivity index (χ0) is 24.2. The maximum Gasteiger partial charge on any atom is 0.414 e. The number of benzene rings is 3. The lowest BCUT2D eigenvalue weighted by Crippen LogP contribution is -2.37. The first-order valence-corrected chi connectivity index (χ1v) is 10.8. The average Bonchev–Trinajstić information content (AvgIpc) is 2.87. The lowest BCUT2D eigenvalue weighted by Gasteiger charge is -2.29. The topological polar surface area (TPSA) is 114 Å². The molecule has 34 heavy (non-hydrogen) atoms. The highest BCUT2D eigenvalue weighted by Gasteiger charge is 2.32. The molecule has 3 N–H and O–H groups in total. The highest BCUT2D eigenvalue weighted by atomic mass is 16.6. The fraction of sp³-hybridized carbons (Fsp3) is 0.231. The first-order chi connectivity index (χ1) is 16.6. The van der Waals surface area contributed by atoms with Crippen molar-refractivity contribution in [3.63, 3.8) is 0 Å². The van der Waals surface area contributed by atoms with E-state index in [4.69, 9.17) is 14.2 Å². The number of aliphatic hydroxyl groups is 2. The van der Waals surface area contributed by atoms with Gasteiger partial charge in [-0.15, -0.1) is 0 Å². The van der Waals surface area contributed by atoms with Gasteiger partial charge in [0.15, 0.2) is 6.10 Å². The second-order valence-electron chi connectivity index (χ2n) is 7.24. The van der Waals surface area contributed by atoms with Crippen molar-refractivity contribution < 1.29 is 34.0 Å². The molecule has 0 saturated carbocycles. The van der Waals surface area contributed by atoms with Crippen LogP contribution < -0.4 is 14.8 Å². The molecule has 0 heterocycles. The molecule has 3 aromatic rings. The molecule has 0 aromatic heterocycles. The second-order valence-corrected chi connectivity index (χ2v) is 7.24. The van der Waals surface area contributed by atoms with Crippen LogP contribution in [0, 0.1) is 0 Å². The number of para-hydroxylation sites is 2. The highest BCUT2D eigenvalue weighted by Crippen LogP contribution is 2.33. The van der Waals surface area contributed by atoms with E-state index in [1.54, 1.807) is 78.9 Å². The number of hydrogen-bond acceptors (Lipinski definition) is 7. The molecule has 0 aliphatic rings. The van der Waals surface area contributed by atoms with E-state index in [9.17, 15) is 19.8 Å². The molecule has 0 fully saturated rings. The molecule has 8 heteroatoms. The number of aliphatic hydroxyl groups excluding tert-OH is 2.